The summed E-state index contributed by atoms with van der Waals surface area (Å²) in [4.78, 5) is 92.1. The molecule has 0 aromatic heterocycles. The summed E-state index contributed by atoms with van der Waals surface area (Å²) in [6.07, 6.45) is 21.5. The Morgan fingerprint density at radius 2 is 0.515 bits per heavy atom. The van der Waals surface area contributed by atoms with Crippen LogP contribution in [0.4, 0.5) is 0 Å². The Hall–Kier alpha value is -3.71. The van der Waals surface area contributed by atoms with Crippen molar-refractivity contribution in [3.05, 3.63) is 34.9 Å². The second-order valence-electron chi connectivity index (χ2n) is 48.2. The first kappa shape index (κ1) is 119. The second kappa shape index (κ2) is 54.1. The van der Waals surface area contributed by atoms with E-state index in [1.165, 1.54) is 0 Å². The van der Waals surface area contributed by atoms with Crippen LogP contribution in [0.15, 0.2) is 18.2 Å². The predicted octanol–water partition coefficient (Wildman–Crippen LogP) is 21.4. The van der Waals surface area contributed by atoms with Crippen LogP contribution in [0.25, 0.3) is 0 Å². The van der Waals surface area contributed by atoms with Crippen LogP contribution in [-0.2, 0) is 105 Å². The number of aryl methyl sites for hydroxylation is 3. The number of unbranched alkanes of at least 4 members (excludes halogenated alkanes) is 3. The molecule has 1 aromatic carbocycles. The maximum absolute atomic E-state index is 15.4. The minimum absolute atomic E-state index is 0.0144. The van der Waals surface area contributed by atoms with Crippen LogP contribution in [-0.4, -0.2) is 222 Å². The quantitative estimate of drug-likeness (QED) is 0.0101. The van der Waals surface area contributed by atoms with Crippen molar-refractivity contribution in [2.24, 2.45) is 16.2 Å². The minimum Gasteiger partial charge on any atom is -0.465 e. The zero-order valence-electron chi connectivity index (χ0n) is 89.7. The van der Waals surface area contributed by atoms with Gasteiger partial charge in [0.1, 0.15) is 0 Å². The zero-order chi connectivity index (χ0) is 99.7. The zero-order valence-corrected chi connectivity index (χ0v) is 91.9. The number of hydrogen-bond donors (Lipinski definition) is 5. The van der Waals surface area contributed by atoms with Crippen molar-refractivity contribution in [1.29, 1.82) is 0 Å². The van der Waals surface area contributed by atoms with E-state index in [4.69, 9.17) is 56.8 Å². The monoisotopic (exact) mass is 2000 g/mol. The molecule has 0 aliphatic carbocycles. The van der Waals surface area contributed by atoms with E-state index in [1.54, 1.807) is 0 Å². The molecule has 0 amide bonds. The molecule has 5 aliphatic rings. The third kappa shape index (κ3) is 41.3. The number of benzene rings is 1. The Morgan fingerprint density at radius 1 is 0.313 bits per heavy atom. The van der Waals surface area contributed by atoms with E-state index in [2.05, 4.69) is 258 Å². The minimum atomic E-state index is -1.64. The molecule has 0 radical (unpaired) electrons. The largest absolute Gasteiger partial charge is 0.465 e. The van der Waals surface area contributed by atoms with Crippen molar-refractivity contribution < 1.29 is 85.6 Å². The van der Waals surface area contributed by atoms with Crippen LogP contribution in [0, 0.1) is 16.2 Å². The van der Waals surface area contributed by atoms with Gasteiger partial charge in [0, 0.05) is 129 Å². The fraction of sp³-hybridized carbons (Fsp3) is 0.890. The third-order valence-corrected chi connectivity index (χ3v) is 29.8. The fourth-order valence-electron chi connectivity index (χ4n) is 23.4. The van der Waals surface area contributed by atoms with Gasteiger partial charge in [-0.25, -0.2) is 3.11 Å². The Bertz CT molecular complexity index is 3310. The Balaban J connectivity index is 1.37. The maximum Gasteiger partial charge on any atom is 0.323 e. The molecular weight excluding hydrogens is 1810 g/mol. The highest BCUT2D eigenvalue weighted by Crippen LogP contribution is 2.43. The van der Waals surface area contributed by atoms with E-state index in [1.807, 2.05) is 0 Å². The summed E-state index contributed by atoms with van der Waals surface area (Å²) < 4.78 is 79.3. The van der Waals surface area contributed by atoms with Crippen molar-refractivity contribution >= 4 is 58.7 Å². The van der Waals surface area contributed by atoms with Crippen molar-refractivity contribution in [3.63, 3.8) is 0 Å². The van der Waals surface area contributed by atoms with Crippen LogP contribution in [0.3, 0.4) is 0 Å². The number of ether oxygens (including phenoxy) is 12. The molecule has 6 rings (SSSR count). The number of rotatable bonds is 63. The molecule has 5 saturated heterocycles. The Morgan fingerprint density at radius 3 is 0.709 bits per heavy atom. The number of halogens is 1. The lowest BCUT2D eigenvalue weighted by Crippen LogP contribution is -2.59. The Labute approximate surface area is 827 Å². The molecule has 5 fully saturated rings. The van der Waals surface area contributed by atoms with E-state index in [0.717, 1.165) is 126 Å². The molecule has 776 valence electrons. The van der Waals surface area contributed by atoms with Gasteiger partial charge in [0.15, 0.2) is 16.2 Å². The van der Waals surface area contributed by atoms with Crippen molar-refractivity contribution in [2.75, 3.05) is 85.8 Å². The highest BCUT2D eigenvalue weighted by Gasteiger charge is 2.52. The van der Waals surface area contributed by atoms with Crippen molar-refractivity contribution in [1.82, 2.24) is 29.7 Å². The number of hydrogen-bond acceptors (Lipinski definition) is 24. The lowest BCUT2D eigenvalue weighted by Gasteiger charge is -2.46. The molecule has 2 unspecified atom stereocenters. The highest BCUT2D eigenvalue weighted by atomic mass is 127. The number of piperidine rings is 5. The van der Waals surface area contributed by atoms with Gasteiger partial charge in [-0.15, -0.1) is 0 Å². The number of nitrogens with zero attached hydrogens (tertiary/aromatic N) is 1. The fourth-order valence-corrected chi connectivity index (χ4v) is 23.6. The van der Waals surface area contributed by atoms with E-state index < -0.39 is 52.1 Å². The summed E-state index contributed by atoms with van der Waals surface area (Å²) in [5.74, 6) is -3.60. The van der Waals surface area contributed by atoms with Gasteiger partial charge >= 0.3 is 35.8 Å². The first-order valence-corrected chi connectivity index (χ1v) is 53.7. The molecule has 2 atom stereocenters. The average Bonchev–Trinajstić information content (AvgIpc) is 0.860. The predicted molar refractivity (Wildman–Crippen MR) is 546 cm³/mol. The molecule has 5 heterocycles. The summed E-state index contributed by atoms with van der Waals surface area (Å²) in [6, 6.07) is 6.49. The van der Waals surface area contributed by atoms with E-state index in [9.17, 15) is 0 Å². The van der Waals surface area contributed by atoms with Gasteiger partial charge in [-0.2, -0.15) is 0 Å². The van der Waals surface area contributed by atoms with Crippen LogP contribution >= 0.6 is 22.9 Å². The molecule has 0 bridgehead atoms. The molecule has 0 saturated carbocycles. The number of esters is 6. The molecule has 0 spiro atoms. The smallest absolute Gasteiger partial charge is 0.323 e. The lowest BCUT2D eigenvalue weighted by atomic mass is 9.77. The highest BCUT2D eigenvalue weighted by molar-refractivity contribution is 14.1. The molecule has 1 aromatic rings. The van der Waals surface area contributed by atoms with Gasteiger partial charge in [0.25, 0.3) is 0 Å². The van der Waals surface area contributed by atoms with Crippen LogP contribution < -0.4 is 26.6 Å². The van der Waals surface area contributed by atoms with Crippen molar-refractivity contribution in [3.8, 4) is 0 Å². The lowest BCUT2D eigenvalue weighted by molar-refractivity contribution is -0.176. The van der Waals surface area contributed by atoms with Gasteiger partial charge in [0.2, 0.25) is 0 Å². The summed E-state index contributed by atoms with van der Waals surface area (Å²) in [6.45, 7) is 62.6. The summed E-state index contributed by atoms with van der Waals surface area (Å²) in [7, 11) is 0. The second-order valence-corrected chi connectivity index (χ2v) is 49.3. The normalized spacial score (nSPS) is 20.8. The number of carbonyl (C=O) groups excluding carboxylic acids is 6. The average molecular weight is 2000 g/mol. The number of nitrogens with one attached hydrogen (secondary N) is 5. The molecule has 24 nitrogen and oxygen atoms in total. The van der Waals surface area contributed by atoms with Gasteiger partial charge in [-0.1, -0.05) is 97.8 Å². The molecular formula is C109H195IN6O18. The summed E-state index contributed by atoms with van der Waals surface area (Å²) in [5, 5.41) is 18.7. The van der Waals surface area contributed by atoms with Gasteiger partial charge < -0.3 is 83.4 Å². The molecule has 5 N–H and O–H groups in total. The Kier molecular flexibility index (Phi) is 48.1. The first-order valence-electron chi connectivity index (χ1n) is 52.8. The van der Waals surface area contributed by atoms with Crippen LogP contribution in [0.5, 0.6) is 0 Å². The number of carbonyl (C=O) groups is 6. The SMILES string of the molecule is CCCCC(CCCc1cc(CCCC(CCCC)(C(=O)OCCCOC2CC(C)(C)NC(C)(C)C2)C(=O)OCCCOC2CC(C)(C)NC(C)(C)C2)cc(CCCC(CCCC)(C(=O)OCCCOC2CC(C)(C)NC(C)(C)C2)C(=O)OCCCOC(CCC)CC(C)(C)N(I)CC)c1)(C(=O)OCCCOC1CC(C)(C)NC(C)(C)C1)C(=O)OCCCOC1CC(C)(C)NC(C)(C)C1. The van der Waals surface area contributed by atoms with E-state index >= 15 is 28.8 Å². The topological polar surface area (TPSA) is 277 Å². The van der Waals surface area contributed by atoms with Gasteiger partial charge in [-0.05, 0) is 323 Å². The van der Waals surface area contributed by atoms with Crippen molar-refractivity contribution in [2.45, 2.75) is 522 Å². The summed E-state index contributed by atoms with van der Waals surface area (Å²) >= 11 is 2.40. The first-order chi connectivity index (χ1) is 62.5. The maximum atomic E-state index is 15.4. The van der Waals surface area contributed by atoms with E-state index in [-0.39, 0.29) is 176 Å². The molecule has 25 heteroatoms. The van der Waals surface area contributed by atoms with E-state index in [0.29, 0.717) is 136 Å². The molecule has 134 heavy (non-hydrogen) atoms. The van der Waals surface area contributed by atoms with Gasteiger partial charge in [0.05, 0.1) is 116 Å². The standard InChI is InChI=1S/C109H195IN6O18/c1-28-33-49-107(91(118)130-62-40-56-124-85-70-96(6,7)111-97(8,9)71-85,90(117)129-61-39-55-123-84(45-31-4)80-106(26,27)116(110)32-5)52-36-46-81-67-82(47-37-53-108(50-34-29-2,92(119)131-63-41-57-125-86-72-98(10,11)112-99(12,13)73-86)93(120)132-64-42-58-126-87-74-100(14,15)113-101(16,17)75-87)69-83(68-81)48-38-54-109(51-35-30-3,94(121)133-65-43-59-127-88-76-102(18,19)114-103(20,21)77-88)95(122)134-66-44-60-128-89-78-104(22,23)115-105(24,25)79-89/h67-69,84-89,111-115H,28-66,70-80H2,1-27H3. The van der Waals surface area contributed by atoms with Crippen LogP contribution in [0.2, 0.25) is 0 Å². The summed E-state index contributed by atoms with van der Waals surface area (Å²) in [5.41, 5.74) is -3.31. The van der Waals surface area contributed by atoms with Gasteiger partial charge in [-0.3, -0.25) is 28.8 Å². The van der Waals surface area contributed by atoms with Crippen LogP contribution in [0.1, 0.15) is 422 Å². The third-order valence-electron chi connectivity index (χ3n) is 27.8. The molecule has 5 aliphatic heterocycles.